The Balaban J connectivity index is 4.00. The number of phosphoric ester groups is 1. The molecule has 0 aliphatic rings. The molecule has 0 heterocycles. The summed E-state index contributed by atoms with van der Waals surface area (Å²) in [5.41, 5.74) is 0. The van der Waals surface area contributed by atoms with Crippen molar-refractivity contribution in [1.82, 2.24) is 0 Å². The number of nitrogens with zero attached hydrogens (tertiary/aromatic N) is 1. The van der Waals surface area contributed by atoms with Crippen LogP contribution < -0.4 is 4.89 Å². The van der Waals surface area contributed by atoms with Gasteiger partial charge in [-0.3, -0.25) is 14.2 Å². The van der Waals surface area contributed by atoms with Gasteiger partial charge in [0.2, 0.25) is 0 Å². The van der Waals surface area contributed by atoms with Crippen molar-refractivity contribution in [3.63, 3.8) is 0 Å². The van der Waals surface area contributed by atoms with Crippen LogP contribution in [-0.2, 0) is 32.7 Å². The number of hydrogen-bond acceptors (Lipinski definition) is 8. The van der Waals surface area contributed by atoms with Crippen molar-refractivity contribution in [2.75, 3.05) is 47.5 Å². The zero-order valence-electron chi connectivity index (χ0n) is 48.0. The number of allylic oxidation sites excluding steroid dienone is 2. The lowest BCUT2D eigenvalue weighted by Gasteiger charge is -2.28. The molecule has 0 aliphatic heterocycles. The molecule has 0 aromatic heterocycles. The van der Waals surface area contributed by atoms with Gasteiger partial charge >= 0.3 is 11.9 Å². The maximum absolute atomic E-state index is 12.8. The zero-order valence-corrected chi connectivity index (χ0v) is 48.8. The van der Waals surface area contributed by atoms with Crippen molar-refractivity contribution < 1.29 is 42.1 Å². The molecular formula is C61H120NO8P. The van der Waals surface area contributed by atoms with Crippen molar-refractivity contribution in [2.24, 2.45) is 0 Å². The number of ether oxygens (including phenoxy) is 2. The van der Waals surface area contributed by atoms with Crippen LogP contribution >= 0.6 is 7.82 Å². The van der Waals surface area contributed by atoms with Gasteiger partial charge in [-0.1, -0.05) is 276 Å². The smallest absolute Gasteiger partial charge is 0.306 e. The summed E-state index contributed by atoms with van der Waals surface area (Å²) in [4.78, 5) is 37.9. The van der Waals surface area contributed by atoms with E-state index in [4.69, 9.17) is 18.5 Å². The Kier molecular flexibility index (Phi) is 52.6. The van der Waals surface area contributed by atoms with E-state index in [1.807, 2.05) is 21.1 Å². The maximum Gasteiger partial charge on any atom is 0.306 e. The van der Waals surface area contributed by atoms with Gasteiger partial charge in [0.15, 0.2) is 6.10 Å². The third kappa shape index (κ3) is 57.9. The molecule has 0 amide bonds. The van der Waals surface area contributed by atoms with Crippen LogP contribution in [0.25, 0.3) is 0 Å². The Bertz CT molecular complexity index is 1210. The maximum atomic E-state index is 12.8. The highest BCUT2D eigenvalue weighted by Gasteiger charge is 2.22. The summed E-state index contributed by atoms with van der Waals surface area (Å²) in [5.74, 6) is -0.819. The monoisotopic (exact) mass is 1030 g/mol. The summed E-state index contributed by atoms with van der Waals surface area (Å²) in [6.07, 6.45) is 62.8. The topological polar surface area (TPSA) is 111 Å². The zero-order chi connectivity index (χ0) is 52.0. The molecule has 0 bridgehead atoms. The fourth-order valence-corrected chi connectivity index (χ4v) is 9.97. The van der Waals surface area contributed by atoms with Crippen molar-refractivity contribution >= 4 is 19.8 Å². The fourth-order valence-electron chi connectivity index (χ4n) is 9.24. The number of unbranched alkanes of at least 4 members (excludes halogenated alkanes) is 42. The van der Waals surface area contributed by atoms with E-state index in [0.29, 0.717) is 17.4 Å². The average molecular weight is 1030 g/mol. The Morgan fingerprint density at radius 1 is 0.423 bits per heavy atom. The molecule has 0 rings (SSSR count). The highest BCUT2D eigenvalue weighted by Crippen LogP contribution is 2.38. The van der Waals surface area contributed by atoms with Gasteiger partial charge in [0.05, 0.1) is 27.7 Å². The predicted molar refractivity (Wildman–Crippen MR) is 301 cm³/mol. The van der Waals surface area contributed by atoms with Crippen LogP contribution in [0.3, 0.4) is 0 Å². The van der Waals surface area contributed by atoms with Crippen LogP contribution in [0, 0.1) is 0 Å². The van der Waals surface area contributed by atoms with Crippen LogP contribution in [0.15, 0.2) is 12.2 Å². The largest absolute Gasteiger partial charge is 0.756 e. The first kappa shape index (κ1) is 69.8. The van der Waals surface area contributed by atoms with Gasteiger partial charge in [0.1, 0.15) is 19.8 Å². The van der Waals surface area contributed by atoms with E-state index >= 15 is 0 Å². The van der Waals surface area contributed by atoms with E-state index in [1.165, 1.54) is 238 Å². The normalized spacial score (nSPS) is 13.3. The lowest BCUT2D eigenvalue weighted by molar-refractivity contribution is -0.870. The van der Waals surface area contributed by atoms with Gasteiger partial charge in [-0.05, 0) is 38.5 Å². The first-order chi connectivity index (χ1) is 34.5. The molecular weight excluding hydrogens is 906 g/mol. The van der Waals surface area contributed by atoms with Crippen molar-refractivity contribution in [1.29, 1.82) is 0 Å². The highest BCUT2D eigenvalue weighted by atomic mass is 31.2. The summed E-state index contributed by atoms with van der Waals surface area (Å²) in [5, 5.41) is 0. The second-order valence-corrected chi connectivity index (χ2v) is 23.8. The average Bonchev–Trinajstić information content (AvgIpc) is 3.33. The molecule has 0 N–H and O–H groups in total. The number of quaternary nitrogens is 1. The summed E-state index contributed by atoms with van der Waals surface area (Å²) >= 11 is 0. The van der Waals surface area contributed by atoms with E-state index in [2.05, 4.69) is 26.0 Å². The molecule has 0 saturated carbocycles. The van der Waals surface area contributed by atoms with Crippen molar-refractivity contribution in [3.8, 4) is 0 Å². The number of carbonyl (C=O) groups excluding carboxylic acids is 2. The fraction of sp³-hybridized carbons (Fsp3) is 0.934. The van der Waals surface area contributed by atoms with Gasteiger partial charge in [0.25, 0.3) is 7.82 Å². The molecule has 9 nitrogen and oxygen atoms in total. The minimum absolute atomic E-state index is 0.0280. The molecule has 0 aromatic carbocycles. The second kappa shape index (κ2) is 53.6. The number of carbonyl (C=O) groups is 2. The first-order valence-corrected chi connectivity index (χ1v) is 32.4. The van der Waals surface area contributed by atoms with E-state index in [1.54, 1.807) is 0 Å². The highest BCUT2D eigenvalue weighted by molar-refractivity contribution is 7.45. The van der Waals surface area contributed by atoms with Crippen molar-refractivity contribution in [2.45, 2.75) is 322 Å². The number of phosphoric acid groups is 1. The van der Waals surface area contributed by atoms with Crippen molar-refractivity contribution in [3.05, 3.63) is 12.2 Å². The number of esters is 2. The van der Waals surface area contributed by atoms with E-state index in [9.17, 15) is 19.0 Å². The number of likely N-dealkylation sites (N-methyl/N-ethyl adjacent to an activating group) is 1. The molecule has 0 radical (unpaired) electrons. The minimum Gasteiger partial charge on any atom is -0.756 e. The van der Waals surface area contributed by atoms with E-state index < -0.39 is 26.5 Å². The molecule has 2 unspecified atom stereocenters. The molecule has 422 valence electrons. The number of hydrogen-bond donors (Lipinski definition) is 0. The Morgan fingerprint density at radius 3 is 1.04 bits per heavy atom. The first-order valence-electron chi connectivity index (χ1n) is 30.9. The molecule has 2 atom stereocenters. The lowest BCUT2D eigenvalue weighted by atomic mass is 10.0. The minimum atomic E-state index is -4.63. The van der Waals surface area contributed by atoms with Gasteiger partial charge in [-0.2, -0.15) is 0 Å². The Morgan fingerprint density at radius 2 is 0.718 bits per heavy atom. The quantitative estimate of drug-likeness (QED) is 0.0195. The van der Waals surface area contributed by atoms with Gasteiger partial charge in [-0.15, -0.1) is 0 Å². The van der Waals surface area contributed by atoms with Crippen LogP contribution in [-0.4, -0.2) is 70.0 Å². The molecule has 0 aliphatic carbocycles. The predicted octanol–water partition coefficient (Wildman–Crippen LogP) is 18.6. The lowest BCUT2D eigenvalue weighted by Crippen LogP contribution is -2.37. The summed E-state index contributed by atoms with van der Waals surface area (Å²) < 4.78 is 34.2. The van der Waals surface area contributed by atoms with Crippen LogP contribution in [0.5, 0.6) is 0 Å². The van der Waals surface area contributed by atoms with Crippen LogP contribution in [0.4, 0.5) is 0 Å². The van der Waals surface area contributed by atoms with E-state index in [-0.39, 0.29) is 32.0 Å². The Labute approximate surface area is 441 Å². The number of rotatable bonds is 58. The molecule has 0 fully saturated rings. The van der Waals surface area contributed by atoms with Crippen LogP contribution in [0.1, 0.15) is 316 Å². The molecule has 71 heavy (non-hydrogen) atoms. The molecule has 0 spiro atoms. The Hall–Kier alpha value is -1.25. The van der Waals surface area contributed by atoms with Gasteiger partial charge < -0.3 is 27.9 Å². The van der Waals surface area contributed by atoms with E-state index in [0.717, 1.165) is 44.9 Å². The van der Waals surface area contributed by atoms with Gasteiger partial charge in [0, 0.05) is 12.8 Å². The summed E-state index contributed by atoms with van der Waals surface area (Å²) in [6.45, 7) is 4.29. The molecule has 0 aromatic rings. The molecule has 10 heteroatoms. The third-order valence-corrected chi connectivity index (χ3v) is 15.0. The molecule has 0 saturated heterocycles. The third-order valence-electron chi connectivity index (χ3n) is 14.0. The van der Waals surface area contributed by atoms with Gasteiger partial charge in [-0.25, -0.2) is 0 Å². The SMILES string of the molecule is CCCCCCCC/C=C\CCCCCCCCCC(=O)OC(COC(=O)CCCCCCCCCCCCCCCCCCCCCCCCCCCCCCCC)COP(=O)([O-])OCC[N+](C)(C)C. The van der Waals surface area contributed by atoms with Crippen LogP contribution in [0.2, 0.25) is 0 Å². The second-order valence-electron chi connectivity index (χ2n) is 22.4. The summed E-state index contributed by atoms with van der Waals surface area (Å²) in [7, 11) is 1.18. The standard InChI is InChI=1S/C61H120NO8P/c1-6-8-10-12-14-16-18-20-22-24-25-26-27-28-29-30-31-32-33-34-35-36-38-39-41-43-45-47-49-51-53-60(63)67-57-59(58-69-71(65,66)68-56-55-62(3,4)5)70-61(64)54-52-50-48-46-44-42-40-37-23-21-19-17-15-13-11-9-7-2/h21,23,59H,6-20,22,24-58H2,1-5H3/b23-21-. The summed E-state index contributed by atoms with van der Waals surface area (Å²) in [6, 6.07) is 0.